The molecule has 1 rings (SSSR count). The summed E-state index contributed by atoms with van der Waals surface area (Å²) in [4.78, 5) is 15.4. The Kier molecular flexibility index (Phi) is 4.42. The van der Waals surface area contributed by atoms with Crippen molar-refractivity contribution >= 4 is 5.78 Å². The highest BCUT2D eigenvalue weighted by Crippen LogP contribution is 2.07. The van der Waals surface area contributed by atoms with Crippen molar-refractivity contribution in [3.05, 3.63) is 12.2 Å². The van der Waals surface area contributed by atoms with Crippen molar-refractivity contribution in [1.29, 1.82) is 0 Å². The van der Waals surface area contributed by atoms with Crippen molar-refractivity contribution in [1.82, 2.24) is 14.8 Å². The number of ketones is 1. The predicted molar refractivity (Wildman–Crippen MR) is 55.6 cm³/mol. The molecule has 0 N–H and O–H groups in total. The molecule has 15 heavy (non-hydrogen) atoms. The summed E-state index contributed by atoms with van der Waals surface area (Å²) in [6.45, 7) is 4.25. The van der Waals surface area contributed by atoms with Crippen molar-refractivity contribution in [3.8, 4) is 0 Å². The van der Waals surface area contributed by atoms with Gasteiger partial charge in [-0.2, -0.15) is 5.10 Å². The molecule has 0 amide bonds. The van der Waals surface area contributed by atoms with Crippen molar-refractivity contribution in [2.75, 3.05) is 13.7 Å². The minimum Gasteiger partial charge on any atom is -0.377 e. The summed E-state index contributed by atoms with van der Waals surface area (Å²) < 4.78 is 6.59. The first-order chi connectivity index (χ1) is 7.15. The van der Waals surface area contributed by atoms with E-state index in [0.29, 0.717) is 12.8 Å². The third-order valence-electron chi connectivity index (χ3n) is 2.07. The molecule has 0 saturated carbocycles. The maximum Gasteiger partial charge on any atom is 0.158 e. The highest BCUT2D eigenvalue weighted by Gasteiger charge is 2.09. The molecule has 1 aromatic heterocycles. The molecule has 84 valence electrons. The number of Topliss-reactive ketones (excluding diaryl/α,β-unsaturated/α-hetero) is 1. The zero-order chi connectivity index (χ0) is 11.3. The first-order valence-electron chi connectivity index (χ1n) is 5.04. The van der Waals surface area contributed by atoms with Crippen LogP contribution in [-0.4, -0.2) is 34.3 Å². The first kappa shape index (κ1) is 11.8. The lowest BCUT2D eigenvalue weighted by Crippen LogP contribution is -2.12. The minimum absolute atomic E-state index is 0.0933. The Bertz CT molecular complexity index is 320. The van der Waals surface area contributed by atoms with E-state index in [4.69, 9.17) is 4.74 Å². The smallest absolute Gasteiger partial charge is 0.158 e. The van der Waals surface area contributed by atoms with Crippen LogP contribution >= 0.6 is 0 Å². The summed E-state index contributed by atoms with van der Waals surface area (Å²) >= 11 is 0. The quantitative estimate of drug-likeness (QED) is 0.704. The van der Waals surface area contributed by atoms with Crippen LogP contribution in [0, 0.1) is 0 Å². The summed E-state index contributed by atoms with van der Waals surface area (Å²) in [6, 6.07) is 0.278. The molecule has 0 aliphatic carbocycles. The second-order valence-corrected chi connectivity index (χ2v) is 3.69. The van der Waals surface area contributed by atoms with Crippen LogP contribution in [0.5, 0.6) is 0 Å². The number of rotatable bonds is 6. The van der Waals surface area contributed by atoms with E-state index in [9.17, 15) is 4.79 Å². The molecule has 0 fully saturated rings. The zero-order valence-electron chi connectivity index (χ0n) is 9.43. The summed E-state index contributed by atoms with van der Waals surface area (Å²) in [7, 11) is 1.52. The van der Waals surface area contributed by atoms with Gasteiger partial charge in [-0.15, -0.1) is 0 Å². The summed E-state index contributed by atoms with van der Waals surface area (Å²) in [6.07, 6.45) is 2.61. The molecule has 0 aromatic carbocycles. The molecule has 0 radical (unpaired) electrons. The van der Waals surface area contributed by atoms with Crippen molar-refractivity contribution in [2.45, 2.75) is 32.7 Å². The molecule has 0 atom stereocenters. The average molecular weight is 211 g/mol. The Labute approximate surface area is 89.5 Å². The van der Waals surface area contributed by atoms with Gasteiger partial charge in [-0.05, 0) is 13.8 Å². The first-order valence-corrected chi connectivity index (χ1v) is 5.04. The van der Waals surface area contributed by atoms with Crippen LogP contribution in [0.25, 0.3) is 0 Å². The molecule has 0 aliphatic rings. The number of carbonyl (C=O) groups is 1. The zero-order valence-corrected chi connectivity index (χ0v) is 9.43. The molecule has 1 heterocycles. The maximum absolute atomic E-state index is 11.2. The van der Waals surface area contributed by atoms with Gasteiger partial charge in [0.2, 0.25) is 0 Å². The van der Waals surface area contributed by atoms with Gasteiger partial charge < -0.3 is 4.74 Å². The molecule has 1 aromatic rings. The van der Waals surface area contributed by atoms with Crippen molar-refractivity contribution < 1.29 is 9.53 Å². The number of carbonyl (C=O) groups excluding carboxylic acids is 1. The van der Waals surface area contributed by atoms with Crippen molar-refractivity contribution in [3.63, 3.8) is 0 Å². The van der Waals surface area contributed by atoms with Gasteiger partial charge in [-0.3, -0.25) is 4.79 Å². The number of hydrogen-bond donors (Lipinski definition) is 0. The second-order valence-electron chi connectivity index (χ2n) is 3.69. The number of aromatic nitrogens is 3. The number of hydrogen-bond acceptors (Lipinski definition) is 4. The van der Waals surface area contributed by atoms with Crippen LogP contribution in [0.15, 0.2) is 6.33 Å². The van der Waals surface area contributed by atoms with Crippen LogP contribution in [-0.2, 0) is 16.0 Å². The number of aryl methyl sites for hydroxylation is 1. The average Bonchev–Trinajstić information content (AvgIpc) is 2.63. The lowest BCUT2D eigenvalue weighted by molar-refractivity contribution is -0.122. The molecular formula is C10H17N3O2. The van der Waals surface area contributed by atoms with Gasteiger partial charge in [0.05, 0.1) is 0 Å². The largest absolute Gasteiger partial charge is 0.377 e. The second kappa shape index (κ2) is 5.60. The van der Waals surface area contributed by atoms with Crippen LogP contribution in [0.2, 0.25) is 0 Å². The van der Waals surface area contributed by atoms with E-state index in [0.717, 1.165) is 5.82 Å². The van der Waals surface area contributed by atoms with E-state index in [-0.39, 0.29) is 18.4 Å². The topological polar surface area (TPSA) is 57.0 Å². The molecule has 0 bridgehead atoms. The third kappa shape index (κ3) is 3.43. The van der Waals surface area contributed by atoms with Gasteiger partial charge in [0.25, 0.3) is 0 Å². The monoisotopic (exact) mass is 211 g/mol. The molecule has 0 aliphatic heterocycles. The number of nitrogens with zero attached hydrogens (tertiary/aromatic N) is 3. The highest BCUT2D eigenvalue weighted by atomic mass is 16.5. The van der Waals surface area contributed by atoms with Gasteiger partial charge in [0.1, 0.15) is 18.8 Å². The molecule has 0 spiro atoms. The standard InChI is InChI=1S/C10H17N3O2/c1-8(2)13-10(11-7-12-13)5-4-9(14)6-15-3/h7-8H,4-6H2,1-3H3. The van der Waals surface area contributed by atoms with Gasteiger partial charge in [0, 0.05) is 26.0 Å². The molecular weight excluding hydrogens is 194 g/mol. The van der Waals surface area contributed by atoms with Crippen LogP contribution in [0.1, 0.15) is 32.1 Å². The lowest BCUT2D eigenvalue weighted by atomic mass is 10.2. The molecule has 5 heteroatoms. The maximum atomic E-state index is 11.2. The Morgan fingerprint density at radius 1 is 1.60 bits per heavy atom. The number of methoxy groups -OCH3 is 1. The van der Waals surface area contributed by atoms with Gasteiger partial charge in [-0.1, -0.05) is 0 Å². The normalized spacial score (nSPS) is 10.9. The predicted octanol–water partition coefficient (Wildman–Crippen LogP) is 1.01. The van der Waals surface area contributed by atoms with Gasteiger partial charge in [0.15, 0.2) is 5.78 Å². The summed E-state index contributed by atoms with van der Waals surface area (Å²) in [5.74, 6) is 0.949. The fourth-order valence-corrected chi connectivity index (χ4v) is 1.37. The van der Waals surface area contributed by atoms with E-state index < -0.39 is 0 Å². The fourth-order valence-electron chi connectivity index (χ4n) is 1.37. The van der Waals surface area contributed by atoms with Gasteiger partial charge >= 0.3 is 0 Å². The summed E-state index contributed by atoms with van der Waals surface area (Å²) in [5.41, 5.74) is 0. The SMILES string of the molecule is COCC(=O)CCc1ncnn1C(C)C. The summed E-state index contributed by atoms with van der Waals surface area (Å²) in [5, 5.41) is 4.10. The van der Waals surface area contributed by atoms with E-state index >= 15 is 0 Å². The highest BCUT2D eigenvalue weighted by molar-refractivity contribution is 5.79. The van der Waals surface area contributed by atoms with E-state index in [1.165, 1.54) is 13.4 Å². The third-order valence-corrected chi connectivity index (χ3v) is 2.07. The molecule has 0 saturated heterocycles. The van der Waals surface area contributed by atoms with Crippen LogP contribution < -0.4 is 0 Å². The van der Waals surface area contributed by atoms with E-state index in [1.807, 2.05) is 18.5 Å². The molecule has 0 unspecified atom stereocenters. The minimum atomic E-state index is 0.0933. The van der Waals surface area contributed by atoms with E-state index in [2.05, 4.69) is 10.1 Å². The fraction of sp³-hybridized carbons (Fsp3) is 0.700. The van der Waals surface area contributed by atoms with Crippen LogP contribution in [0.3, 0.4) is 0 Å². The number of ether oxygens (including phenoxy) is 1. The Morgan fingerprint density at radius 3 is 2.93 bits per heavy atom. The van der Waals surface area contributed by atoms with E-state index in [1.54, 1.807) is 0 Å². The van der Waals surface area contributed by atoms with Gasteiger partial charge in [-0.25, -0.2) is 9.67 Å². The van der Waals surface area contributed by atoms with Crippen molar-refractivity contribution in [2.24, 2.45) is 0 Å². The Hall–Kier alpha value is -1.23. The Balaban J connectivity index is 2.50. The lowest BCUT2D eigenvalue weighted by Gasteiger charge is -2.08. The molecule has 5 nitrogen and oxygen atoms in total. The Morgan fingerprint density at radius 2 is 2.33 bits per heavy atom. The van der Waals surface area contributed by atoms with Crippen LogP contribution in [0.4, 0.5) is 0 Å².